The summed E-state index contributed by atoms with van der Waals surface area (Å²) in [5.41, 5.74) is -0.129. The number of hydrogen-bond acceptors (Lipinski definition) is 3. The van der Waals surface area contributed by atoms with Crippen molar-refractivity contribution in [3.63, 3.8) is 0 Å². The summed E-state index contributed by atoms with van der Waals surface area (Å²) >= 11 is 5.58. The number of aromatic nitrogens is 1. The zero-order valence-electron chi connectivity index (χ0n) is 9.93. The fraction of sp³-hybridized carbons (Fsp3) is 0. The Labute approximate surface area is 118 Å². The molecule has 7 heteroatoms. The number of carboxylic acid groups (broad SMARTS) is 1. The minimum Gasteiger partial charge on any atom is -0.476 e. The van der Waals surface area contributed by atoms with Crippen LogP contribution in [0.1, 0.15) is 20.8 Å². The number of carbonyl (C=O) groups is 2. The normalized spacial score (nSPS) is 10.1. The predicted octanol–water partition coefficient (Wildman–Crippen LogP) is 2.82. The van der Waals surface area contributed by atoms with Crippen LogP contribution in [0.5, 0.6) is 0 Å². The maximum absolute atomic E-state index is 13.0. The molecule has 0 unspecified atom stereocenters. The standard InChI is InChI=1S/C13H8ClFN2O3/c14-8-6-7(3-4-9(8)15)12(18)17-10-2-1-5-16-11(10)13(19)20/h1-6H,(H,17,18)(H,19,20). The fourth-order valence-corrected chi connectivity index (χ4v) is 1.69. The zero-order chi connectivity index (χ0) is 14.7. The average Bonchev–Trinajstić information content (AvgIpc) is 2.42. The molecule has 0 aliphatic rings. The Morgan fingerprint density at radius 2 is 2.05 bits per heavy atom. The molecule has 0 atom stereocenters. The summed E-state index contributed by atoms with van der Waals surface area (Å²) in [7, 11) is 0. The number of carbonyl (C=O) groups excluding carboxylic acids is 1. The molecule has 0 fully saturated rings. The van der Waals surface area contributed by atoms with Gasteiger partial charge in [-0.25, -0.2) is 14.2 Å². The monoisotopic (exact) mass is 294 g/mol. The number of pyridine rings is 1. The molecule has 0 saturated heterocycles. The quantitative estimate of drug-likeness (QED) is 0.912. The Morgan fingerprint density at radius 1 is 1.30 bits per heavy atom. The van der Waals surface area contributed by atoms with Gasteiger partial charge in [-0.15, -0.1) is 0 Å². The van der Waals surface area contributed by atoms with Crippen LogP contribution in [0.3, 0.4) is 0 Å². The van der Waals surface area contributed by atoms with Crippen molar-refractivity contribution in [2.24, 2.45) is 0 Å². The smallest absolute Gasteiger partial charge is 0.356 e. The van der Waals surface area contributed by atoms with Crippen molar-refractivity contribution in [3.8, 4) is 0 Å². The molecule has 0 saturated carbocycles. The average molecular weight is 295 g/mol. The number of carboxylic acids is 1. The molecule has 0 radical (unpaired) electrons. The van der Waals surface area contributed by atoms with Gasteiger partial charge in [-0.1, -0.05) is 11.6 Å². The fourth-order valence-electron chi connectivity index (χ4n) is 1.51. The van der Waals surface area contributed by atoms with E-state index in [2.05, 4.69) is 10.3 Å². The third-order valence-corrected chi connectivity index (χ3v) is 2.73. The van der Waals surface area contributed by atoms with Gasteiger partial charge in [0.15, 0.2) is 5.69 Å². The van der Waals surface area contributed by atoms with Gasteiger partial charge >= 0.3 is 5.97 Å². The minimum atomic E-state index is -1.27. The number of benzene rings is 1. The highest BCUT2D eigenvalue weighted by atomic mass is 35.5. The first-order valence-electron chi connectivity index (χ1n) is 5.44. The number of nitrogens with one attached hydrogen (secondary N) is 1. The van der Waals surface area contributed by atoms with Crippen LogP contribution >= 0.6 is 11.6 Å². The lowest BCUT2D eigenvalue weighted by Crippen LogP contribution is -2.15. The van der Waals surface area contributed by atoms with Crippen LogP contribution in [0.4, 0.5) is 10.1 Å². The molecular weight excluding hydrogens is 287 g/mol. The summed E-state index contributed by atoms with van der Waals surface area (Å²) in [6.45, 7) is 0. The van der Waals surface area contributed by atoms with Crippen molar-refractivity contribution in [2.45, 2.75) is 0 Å². The number of nitrogens with zero attached hydrogens (tertiary/aromatic N) is 1. The topological polar surface area (TPSA) is 79.3 Å². The first kappa shape index (κ1) is 14.0. The molecule has 2 rings (SSSR count). The summed E-state index contributed by atoms with van der Waals surface area (Å²) in [4.78, 5) is 26.5. The maximum Gasteiger partial charge on any atom is 0.356 e. The van der Waals surface area contributed by atoms with Crippen LogP contribution in [-0.4, -0.2) is 22.0 Å². The van der Waals surface area contributed by atoms with Gasteiger partial charge in [-0.2, -0.15) is 0 Å². The summed E-state index contributed by atoms with van der Waals surface area (Å²) in [5.74, 6) is -2.52. The van der Waals surface area contributed by atoms with E-state index >= 15 is 0 Å². The van der Waals surface area contributed by atoms with E-state index in [4.69, 9.17) is 16.7 Å². The molecule has 102 valence electrons. The first-order valence-corrected chi connectivity index (χ1v) is 5.81. The number of anilines is 1. The van der Waals surface area contributed by atoms with E-state index in [1.54, 1.807) is 0 Å². The van der Waals surface area contributed by atoms with E-state index in [9.17, 15) is 14.0 Å². The highest BCUT2D eigenvalue weighted by molar-refractivity contribution is 6.31. The molecule has 1 aromatic heterocycles. The molecule has 0 bridgehead atoms. The zero-order valence-corrected chi connectivity index (χ0v) is 10.7. The number of aromatic carboxylic acids is 1. The van der Waals surface area contributed by atoms with Gasteiger partial charge in [0.25, 0.3) is 5.91 Å². The molecule has 1 heterocycles. The van der Waals surface area contributed by atoms with Crippen molar-refractivity contribution < 1.29 is 19.1 Å². The van der Waals surface area contributed by atoms with Crippen LogP contribution in [0.2, 0.25) is 5.02 Å². The number of halogens is 2. The summed E-state index contributed by atoms with van der Waals surface area (Å²) in [6.07, 6.45) is 1.30. The molecule has 2 N–H and O–H groups in total. The molecular formula is C13H8ClFN2O3. The van der Waals surface area contributed by atoms with E-state index in [0.29, 0.717) is 0 Å². The van der Waals surface area contributed by atoms with Crippen LogP contribution in [0.25, 0.3) is 0 Å². The molecule has 1 amide bonds. The van der Waals surface area contributed by atoms with E-state index in [1.165, 1.54) is 24.4 Å². The largest absolute Gasteiger partial charge is 0.476 e. The third-order valence-electron chi connectivity index (χ3n) is 2.44. The second-order valence-electron chi connectivity index (χ2n) is 3.79. The van der Waals surface area contributed by atoms with Crippen LogP contribution in [0, 0.1) is 5.82 Å². The number of rotatable bonds is 3. The predicted molar refractivity (Wildman–Crippen MR) is 70.6 cm³/mol. The van der Waals surface area contributed by atoms with Gasteiger partial charge in [0.1, 0.15) is 5.82 Å². The molecule has 0 spiro atoms. The van der Waals surface area contributed by atoms with Crippen molar-refractivity contribution >= 4 is 29.2 Å². The molecule has 0 aliphatic carbocycles. The lowest BCUT2D eigenvalue weighted by molar-refractivity contribution is 0.0691. The SMILES string of the molecule is O=C(Nc1cccnc1C(=O)O)c1ccc(F)c(Cl)c1. The van der Waals surface area contributed by atoms with E-state index < -0.39 is 17.7 Å². The highest BCUT2D eigenvalue weighted by Crippen LogP contribution is 2.18. The Balaban J connectivity index is 2.28. The number of amides is 1. The summed E-state index contributed by atoms with van der Waals surface area (Å²) in [6, 6.07) is 6.34. The molecule has 0 aliphatic heterocycles. The Morgan fingerprint density at radius 3 is 2.70 bits per heavy atom. The van der Waals surface area contributed by atoms with Gasteiger partial charge in [-0.05, 0) is 30.3 Å². The summed E-state index contributed by atoms with van der Waals surface area (Å²) < 4.78 is 13.0. The van der Waals surface area contributed by atoms with Gasteiger partial charge < -0.3 is 10.4 Å². The third kappa shape index (κ3) is 2.92. The van der Waals surface area contributed by atoms with Crippen molar-refractivity contribution in [2.75, 3.05) is 5.32 Å². The van der Waals surface area contributed by atoms with E-state index in [1.807, 2.05) is 0 Å². The minimum absolute atomic E-state index is 0.0467. The van der Waals surface area contributed by atoms with E-state index in [0.717, 1.165) is 12.1 Å². The van der Waals surface area contributed by atoms with Gasteiger partial charge in [0.05, 0.1) is 10.7 Å². The van der Waals surface area contributed by atoms with Crippen LogP contribution in [-0.2, 0) is 0 Å². The molecule has 1 aromatic carbocycles. The Kier molecular flexibility index (Phi) is 3.95. The molecule has 5 nitrogen and oxygen atoms in total. The van der Waals surface area contributed by atoms with Gasteiger partial charge in [-0.3, -0.25) is 4.79 Å². The van der Waals surface area contributed by atoms with Crippen LogP contribution < -0.4 is 5.32 Å². The molecule has 2 aromatic rings. The maximum atomic E-state index is 13.0. The lowest BCUT2D eigenvalue weighted by atomic mass is 10.2. The van der Waals surface area contributed by atoms with Gasteiger partial charge in [0.2, 0.25) is 0 Å². The Bertz CT molecular complexity index is 691. The van der Waals surface area contributed by atoms with Crippen molar-refractivity contribution in [1.29, 1.82) is 0 Å². The lowest BCUT2D eigenvalue weighted by Gasteiger charge is -2.07. The highest BCUT2D eigenvalue weighted by Gasteiger charge is 2.15. The van der Waals surface area contributed by atoms with Crippen molar-refractivity contribution in [1.82, 2.24) is 4.98 Å². The van der Waals surface area contributed by atoms with Gasteiger partial charge in [0, 0.05) is 11.8 Å². The second-order valence-corrected chi connectivity index (χ2v) is 4.19. The first-order chi connectivity index (χ1) is 9.49. The van der Waals surface area contributed by atoms with E-state index in [-0.39, 0.29) is 22.0 Å². The van der Waals surface area contributed by atoms with Crippen molar-refractivity contribution in [3.05, 3.63) is 58.6 Å². The molecule has 20 heavy (non-hydrogen) atoms. The second kappa shape index (κ2) is 5.66. The summed E-state index contributed by atoms with van der Waals surface area (Å²) in [5, 5.41) is 11.1. The Hall–Kier alpha value is -2.47. The number of hydrogen-bond donors (Lipinski definition) is 2. The van der Waals surface area contributed by atoms with Crippen LogP contribution in [0.15, 0.2) is 36.5 Å².